The second-order valence-electron chi connectivity index (χ2n) is 8.38. The smallest absolute Gasteiger partial charge is 0.270 e. The van der Waals surface area contributed by atoms with Gasteiger partial charge in [-0.3, -0.25) is 9.59 Å². The molecule has 10 heteroatoms. The predicted octanol–water partition coefficient (Wildman–Crippen LogP) is 2.75. The Kier molecular flexibility index (Phi) is 6.05. The third-order valence-corrected chi connectivity index (χ3v) is 6.62. The minimum absolute atomic E-state index is 0.0426. The van der Waals surface area contributed by atoms with Crippen molar-refractivity contribution in [3.63, 3.8) is 0 Å². The topological polar surface area (TPSA) is 101 Å². The van der Waals surface area contributed by atoms with Crippen LogP contribution in [0.1, 0.15) is 42.6 Å². The fourth-order valence-electron chi connectivity index (χ4n) is 4.51. The summed E-state index contributed by atoms with van der Waals surface area (Å²) in [5.41, 5.74) is -1.33. The van der Waals surface area contributed by atoms with E-state index in [-0.39, 0.29) is 29.5 Å². The Morgan fingerprint density at radius 2 is 1.91 bits per heavy atom. The first kappa shape index (κ1) is 22.4. The average molecular weight is 466 g/mol. The number of nitrogens with zero attached hydrogens (tertiary/aromatic N) is 1. The van der Waals surface area contributed by atoms with Gasteiger partial charge in [-0.2, -0.15) is 0 Å². The number of aliphatic hydroxyl groups excluding tert-OH is 1. The fourth-order valence-corrected chi connectivity index (χ4v) is 4.62. The molecule has 3 N–H and O–H groups in total. The van der Waals surface area contributed by atoms with Crippen LogP contribution in [0.2, 0.25) is 5.02 Å². The molecular formula is C22H22ClF2N3O4. The third kappa shape index (κ3) is 4.54. The number of rotatable bonds is 6. The van der Waals surface area contributed by atoms with Gasteiger partial charge in [0.25, 0.3) is 11.8 Å². The Bertz CT molecular complexity index is 1030. The zero-order valence-electron chi connectivity index (χ0n) is 17.0. The molecule has 3 aliphatic rings. The summed E-state index contributed by atoms with van der Waals surface area (Å²) in [5.74, 6) is -1.88. The fraction of sp³-hybridized carbons (Fsp3) is 0.409. The van der Waals surface area contributed by atoms with Gasteiger partial charge in [0.05, 0.1) is 22.9 Å². The molecule has 0 aliphatic heterocycles. The summed E-state index contributed by atoms with van der Waals surface area (Å²) in [4.78, 5) is 28.8. The van der Waals surface area contributed by atoms with Crippen molar-refractivity contribution in [3.05, 3.63) is 58.9 Å². The highest BCUT2D eigenvalue weighted by Gasteiger charge is 2.55. The molecule has 2 bridgehead atoms. The predicted molar refractivity (Wildman–Crippen MR) is 111 cm³/mol. The molecule has 0 spiro atoms. The Morgan fingerprint density at radius 1 is 1.16 bits per heavy atom. The first-order valence-electron chi connectivity index (χ1n) is 10.2. The summed E-state index contributed by atoms with van der Waals surface area (Å²) >= 11 is 5.63. The molecule has 32 heavy (non-hydrogen) atoms. The minimum Gasteiger partial charge on any atom is -0.484 e. The number of halogens is 3. The van der Waals surface area contributed by atoms with Gasteiger partial charge in [-0.1, -0.05) is 11.6 Å². The normalized spacial score (nSPS) is 26.4. The quantitative estimate of drug-likeness (QED) is 0.609. The number of hydrogen-bond acceptors (Lipinski definition) is 5. The largest absolute Gasteiger partial charge is 0.484 e. The SMILES string of the molecule is O=C(COc1ccc(Cl)c(F)c1)NC12CCC(NC(=O)c3ccc(F)cn3)(CC1)C[C@@H]2O. The molecule has 0 unspecified atom stereocenters. The molecular weight excluding hydrogens is 444 g/mol. The number of ether oxygens (including phenoxy) is 1. The van der Waals surface area contributed by atoms with E-state index in [0.717, 1.165) is 18.3 Å². The molecule has 0 saturated heterocycles. The number of amides is 2. The second kappa shape index (κ2) is 8.63. The number of hydrogen-bond donors (Lipinski definition) is 3. The van der Waals surface area contributed by atoms with Crippen LogP contribution in [0, 0.1) is 11.6 Å². The number of pyridine rings is 1. The molecule has 7 nitrogen and oxygen atoms in total. The van der Waals surface area contributed by atoms with Gasteiger partial charge in [0, 0.05) is 11.6 Å². The Morgan fingerprint density at radius 3 is 2.53 bits per heavy atom. The van der Waals surface area contributed by atoms with Crippen LogP contribution < -0.4 is 15.4 Å². The van der Waals surface area contributed by atoms with Gasteiger partial charge in [-0.25, -0.2) is 13.8 Å². The maximum atomic E-state index is 13.5. The van der Waals surface area contributed by atoms with Crippen molar-refractivity contribution in [2.24, 2.45) is 0 Å². The summed E-state index contributed by atoms with van der Waals surface area (Å²) in [5, 5.41) is 16.6. The van der Waals surface area contributed by atoms with Crippen LogP contribution in [0.4, 0.5) is 8.78 Å². The number of nitrogens with one attached hydrogen (secondary N) is 2. The van der Waals surface area contributed by atoms with E-state index in [1.54, 1.807) is 0 Å². The first-order chi connectivity index (χ1) is 15.2. The Hall–Kier alpha value is -2.78. The van der Waals surface area contributed by atoms with Crippen LogP contribution in [0.15, 0.2) is 36.5 Å². The highest BCUT2D eigenvalue weighted by Crippen LogP contribution is 2.47. The molecule has 1 aromatic carbocycles. The van der Waals surface area contributed by atoms with Crippen LogP contribution in [0.25, 0.3) is 0 Å². The summed E-state index contributed by atoms with van der Waals surface area (Å²) in [6, 6.07) is 6.36. The van der Waals surface area contributed by atoms with Crippen LogP contribution in [-0.4, -0.2) is 45.7 Å². The lowest BCUT2D eigenvalue weighted by Crippen LogP contribution is -2.70. The van der Waals surface area contributed by atoms with Gasteiger partial charge in [-0.15, -0.1) is 0 Å². The monoisotopic (exact) mass is 465 g/mol. The third-order valence-electron chi connectivity index (χ3n) is 6.31. The molecule has 170 valence electrons. The van der Waals surface area contributed by atoms with E-state index in [9.17, 15) is 23.5 Å². The Labute approximate surface area is 188 Å². The van der Waals surface area contributed by atoms with Crippen molar-refractivity contribution in [3.8, 4) is 5.75 Å². The first-order valence-corrected chi connectivity index (χ1v) is 10.6. The van der Waals surface area contributed by atoms with Gasteiger partial charge in [0.15, 0.2) is 6.61 Å². The standard InChI is InChI=1S/C22H22ClF2N3O4/c23-15-3-2-14(9-16(15)25)32-12-19(30)27-22-7-5-21(6-8-22,10-18(22)29)28-20(31)17-4-1-13(24)11-26-17/h1-4,9,11,18,29H,5-8,10,12H2,(H,27,30)(H,28,31)/t18-,21?,22?/m0/s1. The van der Waals surface area contributed by atoms with E-state index >= 15 is 0 Å². The molecule has 3 saturated carbocycles. The van der Waals surface area contributed by atoms with Crippen molar-refractivity contribution >= 4 is 23.4 Å². The van der Waals surface area contributed by atoms with E-state index in [1.165, 1.54) is 18.2 Å². The number of aromatic nitrogens is 1. The van der Waals surface area contributed by atoms with Crippen molar-refractivity contribution in [1.82, 2.24) is 15.6 Å². The minimum atomic E-state index is -0.872. The van der Waals surface area contributed by atoms with Gasteiger partial charge in [-0.05, 0) is 56.4 Å². The second-order valence-corrected chi connectivity index (χ2v) is 8.79. The summed E-state index contributed by atoms with van der Waals surface area (Å²) in [7, 11) is 0. The van der Waals surface area contributed by atoms with Gasteiger partial charge < -0.3 is 20.5 Å². The maximum absolute atomic E-state index is 13.5. The van der Waals surface area contributed by atoms with Crippen LogP contribution in [0.5, 0.6) is 5.75 Å². The highest BCUT2D eigenvalue weighted by atomic mass is 35.5. The van der Waals surface area contributed by atoms with E-state index < -0.39 is 40.6 Å². The summed E-state index contributed by atoms with van der Waals surface area (Å²) in [6.07, 6.45) is 2.41. The lowest BCUT2D eigenvalue weighted by Gasteiger charge is -2.56. The van der Waals surface area contributed by atoms with Crippen molar-refractivity contribution < 1.29 is 28.2 Å². The molecule has 1 aromatic heterocycles. The molecule has 5 rings (SSSR count). The van der Waals surface area contributed by atoms with Gasteiger partial charge in [0.1, 0.15) is 23.1 Å². The van der Waals surface area contributed by atoms with E-state index in [2.05, 4.69) is 15.6 Å². The molecule has 2 amide bonds. The van der Waals surface area contributed by atoms with E-state index in [1.807, 2.05) is 0 Å². The van der Waals surface area contributed by atoms with Crippen molar-refractivity contribution in [2.75, 3.05) is 6.61 Å². The molecule has 2 aromatic rings. The van der Waals surface area contributed by atoms with Crippen LogP contribution in [0.3, 0.4) is 0 Å². The lowest BCUT2D eigenvalue weighted by atomic mass is 9.60. The Balaban J connectivity index is 1.34. The van der Waals surface area contributed by atoms with Gasteiger partial charge >= 0.3 is 0 Å². The molecule has 3 aliphatic carbocycles. The summed E-state index contributed by atoms with van der Waals surface area (Å²) in [6.45, 7) is -0.340. The number of carbonyl (C=O) groups is 2. The summed E-state index contributed by atoms with van der Waals surface area (Å²) < 4.78 is 31.9. The number of fused-ring (bicyclic) bond motifs is 3. The van der Waals surface area contributed by atoms with Crippen molar-refractivity contribution in [2.45, 2.75) is 49.3 Å². The molecule has 1 atom stereocenters. The zero-order chi connectivity index (χ0) is 22.9. The number of benzene rings is 1. The average Bonchev–Trinajstić information content (AvgIpc) is 2.76. The van der Waals surface area contributed by atoms with Crippen LogP contribution in [-0.2, 0) is 4.79 Å². The molecule has 0 radical (unpaired) electrons. The maximum Gasteiger partial charge on any atom is 0.270 e. The number of aliphatic hydroxyl groups is 1. The zero-order valence-corrected chi connectivity index (χ0v) is 17.8. The van der Waals surface area contributed by atoms with Crippen LogP contribution >= 0.6 is 11.6 Å². The molecule has 1 heterocycles. The van der Waals surface area contributed by atoms with E-state index in [4.69, 9.17) is 16.3 Å². The van der Waals surface area contributed by atoms with Crippen molar-refractivity contribution in [1.29, 1.82) is 0 Å². The van der Waals surface area contributed by atoms with Gasteiger partial charge in [0.2, 0.25) is 0 Å². The number of carbonyl (C=O) groups excluding carboxylic acids is 2. The lowest BCUT2D eigenvalue weighted by molar-refractivity contribution is -0.132. The van der Waals surface area contributed by atoms with E-state index in [0.29, 0.717) is 25.7 Å². The highest BCUT2D eigenvalue weighted by molar-refractivity contribution is 6.30. The molecule has 3 fully saturated rings.